The van der Waals surface area contributed by atoms with Gasteiger partial charge in [-0.1, -0.05) is 0 Å². The number of carbonyl (C=O) groups is 1. The Bertz CT molecular complexity index is 685. The molecule has 0 unspecified atom stereocenters. The first-order valence-electron chi connectivity index (χ1n) is 6.75. The average Bonchev–Trinajstić information content (AvgIpc) is 2.99. The van der Waals surface area contributed by atoms with Gasteiger partial charge in [-0.15, -0.1) is 0 Å². The van der Waals surface area contributed by atoms with Crippen LogP contribution in [0.15, 0.2) is 18.2 Å². The number of carboxylic acid groups (broad SMARTS) is 1. The number of halogens is 1. The molecule has 1 aliphatic heterocycles. The number of aromatic nitrogens is 2. The molecule has 1 fully saturated rings. The van der Waals surface area contributed by atoms with E-state index in [1.165, 1.54) is 6.07 Å². The fourth-order valence-corrected chi connectivity index (χ4v) is 2.81. The topological polar surface area (TPSA) is 81.5 Å². The van der Waals surface area contributed by atoms with Crippen LogP contribution in [-0.2, 0) is 4.74 Å². The van der Waals surface area contributed by atoms with Crippen molar-refractivity contribution >= 4 is 17.5 Å². The lowest BCUT2D eigenvalue weighted by Crippen LogP contribution is -2.15. The molecule has 2 aromatic rings. The highest BCUT2D eigenvalue weighted by atomic mass is 32.1. The smallest absolute Gasteiger partial charge is 0.335 e. The first-order chi connectivity index (χ1) is 10.6. The molecule has 22 heavy (non-hydrogen) atoms. The Morgan fingerprint density at radius 2 is 2.18 bits per heavy atom. The van der Waals surface area contributed by atoms with Gasteiger partial charge in [0.25, 0.3) is 5.19 Å². The van der Waals surface area contributed by atoms with E-state index >= 15 is 0 Å². The summed E-state index contributed by atoms with van der Waals surface area (Å²) in [7, 11) is 0. The molecule has 1 N–H and O–H groups in total. The van der Waals surface area contributed by atoms with E-state index in [1.54, 1.807) is 0 Å². The summed E-state index contributed by atoms with van der Waals surface area (Å²) < 4.78 is 28.6. The van der Waals surface area contributed by atoms with Crippen molar-refractivity contribution in [1.82, 2.24) is 9.36 Å². The molecule has 6 nitrogen and oxygen atoms in total. The molecule has 0 atom stereocenters. The summed E-state index contributed by atoms with van der Waals surface area (Å²) in [5.74, 6) is -1.08. The molecule has 1 aliphatic rings. The van der Waals surface area contributed by atoms with Crippen molar-refractivity contribution in [3.05, 3.63) is 35.4 Å². The Hall–Kier alpha value is -2.06. The first kappa shape index (κ1) is 14.9. The zero-order chi connectivity index (χ0) is 15.5. The molecule has 0 amide bonds. The van der Waals surface area contributed by atoms with Crippen molar-refractivity contribution in [3.8, 4) is 10.9 Å². The molecular formula is C14H13FN2O4S. The van der Waals surface area contributed by atoms with E-state index in [0.29, 0.717) is 19.0 Å². The Balaban J connectivity index is 1.77. The molecule has 8 heteroatoms. The molecule has 0 spiro atoms. The van der Waals surface area contributed by atoms with Gasteiger partial charge in [-0.2, -0.15) is 9.36 Å². The molecule has 0 saturated carbocycles. The monoisotopic (exact) mass is 324 g/mol. The second kappa shape index (κ2) is 6.37. The predicted molar refractivity (Wildman–Crippen MR) is 76.1 cm³/mol. The van der Waals surface area contributed by atoms with Gasteiger partial charge in [0.2, 0.25) is 0 Å². The van der Waals surface area contributed by atoms with Gasteiger partial charge in [0, 0.05) is 30.7 Å². The molecule has 1 aromatic carbocycles. The van der Waals surface area contributed by atoms with Gasteiger partial charge in [0.1, 0.15) is 5.82 Å². The summed E-state index contributed by atoms with van der Waals surface area (Å²) in [4.78, 5) is 15.2. The van der Waals surface area contributed by atoms with Crippen LogP contribution in [0.3, 0.4) is 0 Å². The number of hydrogen-bond donors (Lipinski definition) is 1. The third kappa shape index (κ3) is 3.23. The van der Waals surface area contributed by atoms with E-state index in [-0.39, 0.29) is 22.4 Å². The van der Waals surface area contributed by atoms with Gasteiger partial charge in [-0.25, -0.2) is 9.18 Å². The minimum Gasteiger partial charge on any atom is -0.478 e. The highest BCUT2D eigenvalue weighted by Gasteiger charge is 2.21. The lowest BCUT2D eigenvalue weighted by atomic mass is 10.00. The molecule has 1 aromatic heterocycles. The molecule has 2 heterocycles. The summed E-state index contributed by atoms with van der Waals surface area (Å²) >= 11 is 1.02. The fraction of sp³-hybridized carbons (Fsp3) is 0.357. The lowest BCUT2D eigenvalue weighted by Gasteiger charge is -2.18. The van der Waals surface area contributed by atoms with Crippen molar-refractivity contribution in [2.75, 3.05) is 13.2 Å². The summed E-state index contributed by atoms with van der Waals surface area (Å²) in [5, 5.41) is 9.12. The number of nitrogens with zero attached hydrogens (tertiary/aromatic N) is 2. The molecule has 0 bridgehead atoms. The van der Waals surface area contributed by atoms with E-state index in [4.69, 9.17) is 14.6 Å². The average molecular weight is 324 g/mol. The van der Waals surface area contributed by atoms with Gasteiger partial charge in [-0.3, -0.25) is 0 Å². The van der Waals surface area contributed by atoms with Crippen LogP contribution >= 0.6 is 11.5 Å². The number of benzene rings is 1. The van der Waals surface area contributed by atoms with Crippen molar-refractivity contribution < 1.29 is 23.8 Å². The maximum atomic E-state index is 13.7. The SMILES string of the molecule is O=C(O)c1ccc(F)c(Oc2nc(C3CCOCC3)ns2)c1. The number of carboxylic acids is 1. The van der Waals surface area contributed by atoms with E-state index < -0.39 is 11.8 Å². The normalized spacial score (nSPS) is 15.7. The highest BCUT2D eigenvalue weighted by Crippen LogP contribution is 2.31. The van der Waals surface area contributed by atoms with E-state index in [0.717, 1.165) is 36.5 Å². The van der Waals surface area contributed by atoms with Crippen molar-refractivity contribution in [2.24, 2.45) is 0 Å². The first-order valence-corrected chi connectivity index (χ1v) is 7.53. The third-order valence-electron chi connectivity index (χ3n) is 3.38. The van der Waals surface area contributed by atoms with Crippen LogP contribution in [-0.4, -0.2) is 33.6 Å². The van der Waals surface area contributed by atoms with Crippen LogP contribution in [0.4, 0.5) is 4.39 Å². The predicted octanol–water partition coefficient (Wildman–Crippen LogP) is 3.06. The fourth-order valence-electron chi connectivity index (χ4n) is 2.19. The second-order valence-corrected chi connectivity index (χ2v) is 5.57. The van der Waals surface area contributed by atoms with E-state index in [1.807, 2.05) is 0 Å². The Labute approximate surface area is 129 Å². The van der Waals surface area contributed by atoms with Crippen molar-refractivity contribution in [1.29, 1.82) is 0 Å². The summed E-state index contributed by atoms with van der Waals surface area (Å²) in [6, 6.07) is 3.37. The van der Waals surface area contributed by atoms with Crippen LogP contribution in [0.2, 0.25) is 0 Å². The Kier molecular flexibility index (Phi) is 4.30. The number of aromatic carboxylic acids is 1. The molecule has 0 aliphatic carbocycles. The minimum absolute atomic E-state index is 0.0504. The lowest BCUT2D eigenvalue weighted by molar-refractivity contribution is 0.0696. The standard InChI is InChI=1S/C14H13FN2O4S/c15-10-2-1-9(13(18)19)7-11(10)21-14-16-12(17-22-14)8-3-5-20-6-4-8/h1-2,7-8H,3-6H2,(H,18,19). The number of hydrogen-bond acceptors (Lipinski definition) is 6. The van der Waals surface area contributed by atoms with Gasteiger partial charge < -0.3 is 14.6 Å². The molecule has 1 saturated heterocycles. The molecule has 3 rings (SSSR count). The van der Waals surface area contributed by atoms with Crippen LogP contribution in [0.5, 0.6) is 10.9 Å². The van der Waals surface area contributed by atoms with Crippen molar-refractivity contribution in [2.45, 2.75) is 18.8 Å². The third-order valence-corrected chi connectivity index (χ3v) is 3.99. The van der Waals surface area contributed by atoms with Crippen molar-refractivity contribution in [3.63, 3.8) is 0 Å². The second-order valence-electron chi connectivity index (χ2n) is 4.86. The van der Waals surface area contributed by atoms with Gasteiger partial charge in [0.05, 0.1) is 5.56 Å². The number of ether oxygens (including phenoxy) is 2. The van der Waals surface area contributed by atoms with Crippen LogP contribution in [0, 0.1) is 5.82 Å². The summed E-state index contributed by atoms with van der Waals surface area (Å²) in [5.41, 5.74) is -0.0504. The zero-order valence-corrected chi connectivity index (χ0v) is 12.3. The van der Waals surface area contributed by atoms with Gasteiger partial charge in [-0.05, 0) is 31.0 Å². The Morgan fingerprint density at radius 1 is 1.41 bits per heavy atom. The Morgan fingerprint density at radius 3 is 2.91 bits per heavy atom. The van der Waals surface area contributed by atoms with Crippen LogP contribution in [0.25, 0.3) is 0 Å². The van der Waals surface area contributed by atoms with Crippen LogP contribution < -0.4 is 4.74 Å². The number of rotatable bonds is 4. The van der Waals surface area contributed by atoms with E-state index in [9.17, 15) is 9.18 Å². The quantitative estimate of drug-likeness (QED) is 0.931. The van der Waals surface area contributed by atoms with E-state index in [2.05, 4.69) is 9.36 Å². The maximum absolute atomic E-state index is 13.7. The largest absolute Gasteiger partial charge is 0.478 e. The molecular weight excluding hydrogens is 311 g/mol. The molecule has 0 radical (unpaired) electrons. The van der Waals surface area contributed by atoms with Gasteiger partial charge in [0.15, 0.2) is 11.6 Å². The zero-order valence-electron chi connectivity index (χ0n) is 11.5. The summed E-state index contributed by atoms with van der Waals surface area (Å²) in [6.07, 6.45) is 1.69. The minimum atomic E-state index is -1.15. The summed E-state index contributed by atoms with van der Waals surface area (Å²) in [6.45, 7) is 1.35. The molecule has 116 valence electrons. The highest BCUT2D eigenvalue weighted by molar-refractivity contribution is 7.07. The maximum Gasteiger partial charge on any atom is 0.335 e. The van der Waals surface area contributed by atoms with Crippen LogP contribution in [0.1, 0.15) is 34.9 Å². The van der Waals surface area contributed by atoms with Gasteiger partial charge >= 0.3 is 5.97 Å².